The highest BCUT2D eigenvalue weighted by Gasteiger charge is 2.15. The van der Waals surface area contributed by atoms with Gasteiger partial charge in [0.2, 0.25) is 4.47 Å². The number of aromatic nitrogens is 2. The van der Waals surface area contributed by atoms with Crippen LogP contribution >= 0.6 is 22.9 Å². The quantitative estimate of drug-likeness (QED) is 0.896. The summed E-state index contributed by atoms with van der Waals surface area (Å²) in [5.41, 5.74) is 0. The van der Waals surface area contributed by atoms with E-state index in [4.69, 9.17) is 11.6 Å². The molecule has 6 heteroatoms. The van der Waals surface area contributed by atoms with Crippen LogP contribution in [0.4, 0.5) is 0 Å². The fraction of sp³-hybridized carbons (Fsp3) is 0.800. The van der Waals surface area contributed by atoms with E-state index >= 15 is 0 Å². The molecule has 90 valence electrons. The van der Waals surface area contributed by atoms with Crippen molar-refractivity contribution < 1.29 is 0 Å². The van der Waals surface area contributed by atoms with Gasteiger partial charge in [0.1, 0.15) is 5.01 Å². The van der Waals surface area contributed by atoms with Crippen molar-refractivity contribution in [2.45, 2.75) is 31.8 Å². The van der Waals surface area contributed by atoms with Crippen molar-refractivity contribution in [2.75, 3.05) is 20.1 Å². The minimum atomic E-state index is 0.527. The normalized spacial score (nSPS) is 21.6. The summed E-state index contributed by atoms with van der Waals surface area (Å²) in [5.74, 6) is 0. The predicted octanol–water partition coefficient (Wildman–Crippen LogP) is 1.77. The molecule has 1 N–H and O–H groups in total. The van der Waals surface area contributed by atoms with Crippen molar-refractivity contribution in [2.24, 2.45) is 0 Å². The zero-order chi connectivity index (χ0) is 11.4. The van der Waals surface area contributed by atoms with Gasteiger partial charge in [-0.2, -0.15) is 0 Å². The molecule has 1 aromatic rings. The molecule has 1 atom stereocenters. The van der Waals surface area contributed by atoms with Gasteiger partial charge in [-0.25, -0.2) is 0 Å². The van der Waals surface area contributed by atoms with Crippen molar-refractivity contribution in [1.82, 2.24) is 20.4 Å². The van der Waals surface area contributed by atoms with E-state index in [1.165, 1.54) is 30.6 Å². The second kappa shape index (κ2) is 5.91. The number of hydrogen-bond acceptors (Lipinski definition) is 5. The first-order valence-electron chi connectivity index (χ1n) is 5.64. The molecule has 2 heterocycles. The van der Waals surface area contributed by atoms with Crippen LogP contribution in [0, 0.1) is 0 Å². The number of likely N-dealkylation sites (N-methyl/N-ethyl adjacent to an activating group) is 1. The van der Waals surface area contributed by atoms with E-state index in [1.807, 2.05) is 0 Å². The summed E-state index contributed by atoms with van der Waals surface area (Å²) < 4.78 is 0.527. The van der Waals surface area contributed by atoms with Gasteiger partial charge in [-0.1, -0.05) is 17.8 Å². The lowest BCUT2D eigenvalue weighted by Crippen LogP contribution is -2.42. The Kier molecular flexibility index (Phi) is 4.52. The van der Waals surface area contributed by atoms with E-state index in [0.717, 1.165) is 24.6 Å². The maximum absolute atomic E-state index is 5.75. The minimum absolute atomic E-state index is 0.527. The highest BCUT2D eigenvalue weighted by atomic mass is 35.5. The summed E-state index contributed by atoms with van der Waals surface area (Å²) in [6.45, 7) is 3.06. The van der Waals surface area contributed by atoms with Crippen molar-refractivity contribution in [3.05, 3.63) is 9.47 Å². The Morgan fingerprint density at radius 1 is 1.50 bits per heavy atom. The Morgan fingerprint density at radius 3 is 3.00 bits per heavy atom. The van der Waals surface area contributed by atoms with Gasteiger partial charge in [-0.05, 0) is 38.0 Å². The molecule has 0 spiro atoms. The third-order valence-electron chi connectivity index (χ3n) is 2.79. The SMILES string of the molecule is CN(Cc1nnc(Cl)s1)CC1CCCCN1. The zero-order valence-electron chi connectivity index (χ0n) is 9.45. The van der Waals surface area contributed by atoms with Gasteiger partial charge < -0.3 is 5.32 Å². The van der Waals surface area contributed by atoms with E-state index in [9.17, 15) is 0 Å². The summed E-state index contributed by atoms with van der Waals surface area (Å²) >= 11 is 7.21. The smallest absolute Gasteiger partial charge is 0.207 e. The molecule has 1 unspecified atom stereocenters. The van der Waals surface area contributed by atoms with Crippen LogP contribution in [0.3, 0.4) is 0 Å². The van der Waals surface area contributed by atoms with Crippen LogP contribution in [0.25, 0.3) is 0 Å². The summed E-state index contributed by atoms with van der Waals surface area (Å²) in [6.07, 6.45) is 3.93. The van der Waals surface area contributed by atoms with Gasteiger partial charge >= 0.3 is 0 Å². The second-order valence-electron chi connectivity index (χ2n) is 4.29. The number of halogens is 1. The highest BCUT2D eigenvalue weighted by molar-refractivity contribution is 7.15. The van der Waals surface area contributed by atoms with Gasteiger partial charge in [0.15, 0.2) is 0 Å². The van der Waals surface area contributed by atoms with E-state index in [1.54, 1.807) is 0 Å². The van der Waals surface area contributed by atoms with Gasteiger partial charge in [0.25, 0.3) is 0 Å². The molecule has 0 bridgehead atoms. The van der Waals surface area contributed by atoms with Crippen LogP contribution < -0.4 is 5.32 Å². The van der Waals surface area contributed by atoms with Crippen LogP contribution in [0.1, 0.15) is 24.3 Å². The van der Waals surface area contributed by atoms with Gasteiger partial charge in [0, 0.05) is 12.6 Å². The summed E-state index contributed by atoms with van der Waals surface area (Å²) in [5, 5.41) is 12.4. The molecule has 1 aliphatic rings. The van der Waals surface area contributed by atoms with E-state index in [-0.39, 0.29) is 0 Å². The largest absolute Gasteiger partial charge is 0.313 e. The van der Waals surface area contributed by atoms with Crippen LogP contribution in [-0.2, 0) is 6.54 Å². The van der Waals surface area contributed by atoms with Crippen molar-refractivity contribution in [3.8, 4) is 0 Å². The average molecular weight is 261 g/mol. The maximum atomic E-state index is 5.75. The predicted molar refractivity (Wildman–Crippen MR) is 66.9 cm³/mol. The molecular weight excluding hydrogens is 244 g/mol. The minimum Gasteiger partial charge on any atom is -0.313 e. The third kappa shape index (κ3) is 3.66. The molecule has 0 amide bonds. The highest BCUT2D eigenvalue weighted by Crippen LogP contribution is 2.16. The molecule has 16 heavy (non-hydrogen) atoms. The topological polar surface area (TPSA) is 41.1 Å². The zero-order valence-corrected chi connectivity index (χ0v) is 11.0. The molecule has 1 aliphatic heterocycles. The van der Waals surface area contributed by atoms with E-state index in [2.05, 4.69) is 27.5 Å². The maximum Gasteiger partial charge on any atom is 0.207 e. The third-order valence-corrected chi connectivity index (χ3v) is 3.80. The lowest BCUT2D eigenvalue weighted by Gasteiger charge is -2.27. The lowest BCUT2D eigenvalue weighted by molar-refractivity contribution is 0.256. The summed E-state index contributed by atoms with van der Waals surface area (Å²) in [4.78, 5) is 2.28. The number of rotatable bonds is 4. The van der Waals surface area contributed by atoms with Crippen LogP contribution in [-0.4, -0.2) is 41.3 Å². The fourth-order valence-corrected chi connectivity index (χ4v) is 3.00. The van der Waals surface area contributed by atoms with Crippen molar-refractivity contribution in [1.29, 1.82) is 0 Å². The first-order valence-corrected chi connectivity index (χ1v) is 6.83. The van der Waals surface area contributed by atoms with E-state index in [0.29, 0.717) is 10.5 Å². The van der Waals surface area contributed by atoms with Gasteiger partial charge in [-0.3, -0.25) is 4.90 Å². The standard InChI is InChI=1S/C10H17ClN4S/c1-15(6-8-4-2-3-5-12-8)7-9-13-14-10(11)16-9/h8,12H,2-7H2,1H3. The summed E-state index contributed by atoms with van der Waals surface area (Å²) in [7, 11) is 2.12. The number of piperidine rings is 1. The van der Waals surface area contributed by atoms with Crippen LogP contribution in [0.5, 0.6) is 0 Å². The Morgan fingerprint density at radius 2 is 2.38 bits per heavy atom. The molecule has 0 saturated carbocycles. The fourth-order valence-electron chi connectivity index (χ4n) is 2.05. The lowest BCUT2D eigenvalue weighted by atomic mass is 10.0. The van der Waals surface area contributed by atoms with Crippen LogP contribution in [0.2, 0.25) is 4.47 Å². The van der Waals surface area contributed by atoms with Gasteiger partial charge in [-0.15, -0.1) is 10.2 Å². The van der Waals surface area contributed by atoms with Gasteiger partial charge in [0.05, 0.1) is 6.54 Å². The van der Waals surface area contributed by atoms with Crippen LogP contribution in [0.15, 0.2) is 0 Å². The van der Waals surface area contributed by atoms with Crippen molar-refractivity contribution >= 4 is 22.9 Å². The summed E-state index contributed by atoms with van der Waals surface area (Å²) in [6, 6.07) is 0.627. The first-order chi connectivity index (χ1) is 7.74. The van der Waals surface area contributed by atoms with E-state index < -0.39 is 0 Å². The van der Waals surface area contributed by atoms with Crippen molar-refractivity contribution in [3.63, 3.8) is 0 Å². The second-order valence-corrected chi connectivity index (χ2v) is 5.94. The Balaban J connectivity index is 1.77. The molecule has 2 rings (SSSR count). The Bertz CT molecular complexity index is 324. The average Bonchev–Trinajstić information content (AvgIpc) is 2.65. The molecule has 1 fully saturated rings. The number of nitrogens with zero attached hydrogens (tertiary/aromatic N) is 3. The molecule has 1 aromatic heterocycles. The Labute approximate surface area is 105 Å². The molecule has 4 nitrogen and oxygen atoms in total. The number of hydrogen-bond donors (Lipinski definition) is 1. The Hall–Kier alpha value is -0.230. The molecule has 0 radical (unpaired) electrons. The first kappa shape index (κ1) is 12.2. The number of nitrogens with one attached hydrogen (secondary N) is 1. The molecule has 0 aliphatic carbocycles. The molecular formula is C10H17ClN4S. The molecule has 0 aromatic carbocycles. The molecule has 1 saturated heterocycles. The monoisotopic (exact) mass is 260 g/mol.